The van der Waals surface area contributed by atoms with E-state index in [4.69, 9.17) is 46.4 Å². The van der Waals surface area contributed by atoms with Crippen LogP contribution in [0.2, 0.25) is 20.1 Å². The van der Waals surface area contributed by atoms with E-state index in [-0.39, 0.29) is 45.7 Å². The molecule has 0 aliphatic carbocycles. The smallest absolute Gasteiger partial charge is 0.244 e. The Balaban J connectivity index is 2.10. The van der Waals surface area contributed by atoms with Crippen molar-refractivity contribution in [3.63, 3.8) is 0 Å². The first-order valence-corrected chi connectivity index (χ1v) is 15.6. The van der Waals surface area contributed by atoms with Crippen LogP contribution >= 0.6 is 46.4 Å². The van der Waals surface area contributed by atoms with Gasteiger partial charge in [0.1, 0.15) is 12.6 Å². The SMILES string of the molecule is CC(C)NC(=O)[C@H](Cc1ccccc1)N(Cc1cccc(Cl)c1)C(=O)CN(c1cc(Cl)c(Cl)cc1Cl)S(C)(=O)=O. The topological polar surface area (TPSA) is 86.8 Å². The summed E-state index contributed by atoms with van der Waals surface area (Å²) in [7, 11) is -4.02. The van der Waals surface area contributed by atoms with Gasteiger partial charge in [-0.05, 0) is 49.2 Å². The number of benzene rings is 3. The third kappa shape index (κ3) is 8.75. The predicted octanol–water partition coefficient (Wildman–Crippen LogP) is 6.23. The number of carbonyl (C=O) groups is 2. The Bertz CT molecular complexity index is 1470. The Labute approximate surface area is 255 Å². The minimum atomic E-state index is -4.02. The molecular formula is C28H29Cl4N3O4S. The van der Waals surface area contributed by atoms with Crippen LogP contribution < -0.4 is 9.62 Å². The lowest BCUT2D eigenvalue weighted by molar-refractivity contribution is -0.140. The lowest BCUT2D eigenvalue weighted by Crippen LogP contribution is -2.54. The zero-order valence-electron chi connectivity index (χ0n) is 22.1. The summed E-state index contributed by atoms with van der Waals surface area (Å²) < 4.78 is 26.7. The molecule has 1 N–H and O–H groups in total. The first kappa shape index (κ1) is 32.0. The van der Waals surface area contributed by atoms with Crippen LogP contribution in [0.3, 0.4) is 0 Å². The van der Waals surface area contributed by atoms with Crippen molar-refractivity contribution in [2.45, 2.75) is 38.9 Å². The molecule has 0 aliphatic rings. The number of carbonyl (C=O) groups excluding carboxylic acids is 2. The number of hydrogen-bond donors (Lipinski definition) is 1. The van der Waals surface area contributed by atoms with Crippen molar-refractivity contribution in [1.82, 2.24) is 10.2 Å². The van der Waals surface area contributed by atoms with Crippen molar-refractivity contribution in [1.29, 1.82) is 0 Å². The molecule has 3 aromatic carbocycles. The first-order chi connectivity index (χ1) is 18.8. The molecule has 0 saturated heterocycles. The summed E-state index contributed by atoms with van der Waals surface area (Å²) in [5, 5.41) is 3.53. The number of nitrogens with zero attached hydrogens (tertiary/aromatic N) is 2. The summed E-state index contributed by atoms with van der Waals surface area (Å²) in [6.07, 6.45) is 1.14. The average Bonchev–Trinajstić information content (AvgIpc) is 2.86. The third-order valence-corrected chi connectivity index (χ3v) is 8.27. The van der Waals surface area contributed by atoms with E-state index < -0.39 is 28.5 Å². The summed E-state index contributed by atoms with van der Waals surface area (Å²) in [5.41, 5.74) is 1.47. The van der Waals surface area contributed by atoms with Gasteiger partial charge in [0.2, 0.25) is 21.8 Å². The number of nitrogens with one attached hydrogen (secondary N) is 1. The number of anilines is 1. The van der Waals surface area contributed by atoms with Crippen LogP contribution in [0, 0.1) is 0 Å². The van der Waals surface area contributed by atoms with E-state index in [9.17, 15) is 18.0 Å². The Hall–Kier alpha value is -2.49. The normalized spacial score (nSPS) is 12.2. The van der Waals surface area contributed by atoms with Gasteiger partial charge >= 0.3 is 0 Å². The van der Waals surface area contributed by atoms with Crippen LogP contribution in [0.25, 0.3) is 0 Å². The van der Waals surface area contributed by atoms with Crippen molar-refractivity contribution >= 4 is 73.9 Å². The van der Waals surface area contributed by atoms with Crippen molar-refractivity contribution in [3.05, 3.63) is 97.9 Å². The van der Waals surface area contributed by atoms with E-state index in [1.165, 1.54) is 17.0 Å². The molecule has 0 bridgehead atoms. The summed E-state index contributed by atoms with van der Waals surface area (Å²) in [6, 6.07) is 17.6. The van der Waals surface area contributed by atoms with Gasteiger partial charge in [-0.2, -0.15) is 0 Å². The van der Waals surface area contributed by atoms with Crippen molar-refractivity contribution < 1.29 is 18.0 Å². The van der Waals surface area contributed by atoms with Gasteiger partial charge in [0.15, 0.2) is 0 Å². The molecule has 0 aliphatic heterocycles. The maximum atomic E-state index is 14.1. The number of sulfonamides is 1. The highest BCUT2D eigenvalue weighted by molar-refractivity contribution is 7.92. The lowest BCUT2D eigenvalue weighted by atomic mass is 10.0. The molecule has 0 saturated carbocycles. The average molecular weight is 645 g/mol. The van der Waals surface area contributed by atoms with E-state index in [1.807, 2.05) is 44.2 Å². The van der Waals surface area contributed by atoms with Crippen molar-refractivity contribution in [3.8, 4) is 0 Å². The van der Waals surface area contributed by atoms with Crippen LogP contribution in [0.5, 0.6) is 0 Å². The minimum absolute atomic E-state index is 0.00484. The summed E-state index contributed by atoms with van der Waals surface area (Å²) >= 11 is 24.8. The van der Waals surface area contributed by atoms with Gasteiger partial charge in [-0.3, -0.25) is 13.9 Å². The lowest BCUT2D eigenvalue weighted by Gasteiger charge is -2.34. The quantitative estimate of drug-likeness (QED) is 0.251. The number of rotatable bonds is 11. The maximum Gasteiger partial charge on any atom is 0.244 e. The molecule has 0 spiro atoms. The summed E-state index contributed by atoms with van der Waals surface area (Å²) in [6.45, 7) is 2.99. The van der Waals surface area contributed by atoms with Crippen molar-refractivity contribution in [2.24, 2.45) is 0 Å². The standard InChI is InChI=1S/C28H29Cl4N3O4S/c1-18(2)33-28(37)26(13-19-8-5-4-6-9-19)34(16-20-10-7-11-21(29)12-20)27(36)17-35(40(3,38)39)25-15-23(31)22(30)14-24(25)32/h4-12,14-15,18,26H,13,16-17H2,1-3H3,(H,33,37)/t26-/m0/s1. The number of amides is 2. The fourth-order valence-electron chi connectivity index (χ4n) is 4.06. The third-order valence-electron chi connectivity index (χ3n) is 5.88. The molecule has 3 aromatic rings. The Morgan fingerprint density at radius 1 is 0.850 bits per heavy atom. The molecule has 1 atom stereocenters. The van der Waals surface area contributed by atoms with Gasteiger partial charge in [-0.25, -0.2) is 8.42 Å². The zero-order valence-corrected chi connectivity index (χ0v) is 25.9. The summed E-state index contributed by atoms with van der Waals surface area (Å²) in [4.78, 5) is 28.9. The van der Waals surface area contributed by atoms with Gasteiger partial charge < -0.3 is 10.2 Å². The highest BCUT2D eigenvalue weighted by atomic mass is 35.5. The molecule has 12 heteroatoms. The van der Waals surface area contributed by atoms with E-state index in [0.717, 1.165) is 16.1 Å². The highest BCUT2D eigenvalue weighted by Gasteiger charge is 2.34. The second-order valence-electron chi connectivity index (χ2n) is 9.51. The summed E-state index contributed by atoms with van der Waals surface area (Å²) in [5.74, 6) is -1.01. The molecule has 0 aromatic heterocycles. The second kappa shape index (κ2) is 13.9. The van der Waals surface area contributed by atoms with Crippen LogP contribution in [0.15, 0.2) is 66.7 Å². The zero-order chi connectivity index (χ0) is 29.6. The molecule has 3 rings (SSSR count). The first-order valence-electron chi connectivity index (χ1n) is 12.3. The number of hydrogen-bond acceptors (Lipinski definition) is 4. The predicted molar refractivity (Wildman–Crippen MR) is 163 cm³/mol. The van der Waals surface area contributed by atoms with Crippen LogP contribution in [-0.2, 0) is 32.6 Å². The Kier molecular flexibility index (Phi) is 11.1. The van der Waals surface area contributed by atoms with Crippen molar-refractivity contribution in [2.75, 3.05) is 17.1 Å². The molecule has 2 amide bonds. The maximum absolute atomic E-state index is 14.1. The molecule has 214 valence electrons. The molecule has 0 radical (unpaired) electrons. The van der Waals surface area contributed by atoms with Crippen LogP contribution in [-0.4, -0.2) is 50.0 Å². The number of halogens is 4. The molecule has 40 heavy (non-hydrogen) atoms. The molecule has 0 heterocycles. The van der Waals surface area contributed by atoms with E-state index in [0.29, 0.717) is 10.6 Å². The van der Waals surface area contributed by atoms with Crippen LogP contribution in [0.4, 0.5) is 5.69 Å². The second-order valence-corrected chi connectivity index (χ2v) is 13.1. The molecular weight excluding hydrogens is 616 g/mol. The Morgan fingerprint density at radius 3 is 2.08 bits per heavy atom. The fraction of sp³-hybridized carbons (Fsp3) is 0.286. The van der Waals surface area contributed by atoms with E-state index in [1.54, 1.807) is 24.3 Å². The Morgan fingerprint density at radius 2 is 1.48 bits per heavy atom. The monoisotopic (exact) mass is 643 g/mol. The van der Waals surface area contributed by atoms with Crippen LogP contribution in [0.1, 0.15) is 25.0 Å². The van der Waals surface area contributed by atoms with Gasteiger partial charge in [0.05, 0.1) is 27.0 Å². The fourth-order valence-corrected chi connectivity index (χ4v) is 5.82. The van der Waals surface area contributed by atoms with Gasteiger partial charge in [-0.15, -0.1) is 0 Å². The molecule has 0 unspecified atom stereocenters. The molecule has 0 fully saturated rings. The van der Waals surface area contributed by atoms with E-state index in [2.05, 4.69) is 5.32 Å². The van der Waals surface area contributed by atoms with Gasteiger partial charge in [-0.1, -0.05) is 88.9 Å². The van der Waals surface area contributed by atoms with Gasteiger partial charge in [0.25, 0.3) is 0 Å². The largest absolute Gasteiger partial charge is 0.352 e. The minimum Gasteiger partial charge on any atom is -0.352 e. The highest BCUT2D eigenvalue weighted by Crippen LogP contribution is 2.35. The molecule has 7 nitrogen and oxygen atoms in total. The van der Waals surface area contributed by atoms with E-state index >= 15 is 0 Å². The van der Waals surface area contributed by atoms with Gasteiger partial charge in [0, 0.05) is 24.0 Å².